The van der Waals surface area contributed by atoms with Gasteiger partial charge in [-0.05, 0) is 44.1 Å². The van der Waals surface area contributed by atoms with Crippen LogP contribution in [-0.2, 0) is 11.2 Å². The van der Waals surface area contributed by atoms with Gasteiger partial charge in [0.05, 0.1) is 19.4 Å². The van der Waals surface area contributed by atoms with Gasteiger partial charge in [0, 0.05) is 36.8 Å². The third kappa shape index (κ3) is 5.45. The van der Waals surface area contributed by atoms with E-state index in [1.54, 1.807) is 6.26 Å². The molecule has 2 saturated heterocycles. The Hall–Kier alpha value is -1.14. The number of rotatable bonds is 7. The second-order valence-electron chi connectivity index (χ2n) is 6.93. The molecule has 1 aromatic heterocycles. The SMILES string of the molecule is CC1(CN=C(NCCc2ccco2)NCC2CCOC2)CCCS1. The van der Waals surface area contributed by atoms with Crippen LogP contribution in [0.5, 0.6) is 0 Å². The van der Waals surface area contributed by atoms with Crippen molar-refractivity contribution in [3.63, 3.8) is 0 Å². The van der Waals surface area contributed by atoms with Gasteiger partial charge in [0.15, 0.2) is 5.96 Å². The molecule has 0 aromatic carbocycles. The molecule has 2 fully saturated rings. The van der Waals surface area contributed by atoms with Crippen molar-refractivity contribution in [2.45, 2.75) is 37.4 Å². The van der Waals surface area contributed by atoms with Crippen LogP contribution in [0.3, 0.4) is 0 Å². The summed E-state index contributed by atoms with van der Waals surface area (Å²) in [7, 11) is 0. The molecular formula is C18H29N3O2S. The van der Waals surface area contributed by atoms with Gasteiger partial charge in [-0.2, -0.15) is 11.8 Å². The van der Waals surface area contributed by atoms with Crippen molar-refractivity contribution in [1.82, 2.24) is 10.6 Å². The van der Waals surface area contributed by atoms with Crippen LogP contribution in [0.25, 0.3) is 0 Å². The van der Waals surface area contributed by atoms with Gasteiger partial charge in [-0.1, -0.05) is 0 Å². The normalized spacial score (nSPS) is 27.5. The lowest BCUT2D eigenvalue weighted by Crippen LogP contribution is -2.41. The Bertz CT molecular complexity index is 506. The second-order valence-corrected chi connectivity index (χ2v) is 8.62. The Kier molecular flexibility index (Phi) is 6.49. The Balaban J connectivity index is 1.50. The topological polar surface area (TPSA) is 58.8 Å². The molecule has 2 aliphatic heterocycles. The largest absolute Gasteiger partial charge is 0.469 e. The first-order chi connectivity index (χ1) is 11.7. The minimum absolute atomic E-state index is 0.298. The molecule has 24 heavy (non-hydrogen) atoms. The van der Waals surface area contributed by atoms with Crippen molar-refractivity contribution in [1.29, 1.82) is 0 Å². The predicted octanol–water partition coefficient (Wildman–Crippen LogP) is 2.68. The van der Waals surface area contributed by atoms with Crippen LogP contribution in [-0.4, -0.2) is 49.3 Å². The molecule has 134 valence electrons. The third-order valence-electron chi connectivity index (χ3n) is 4.70. The molecule has 2 N–H and O–H groups in total. The maximum Gasteiger partial charge on any atom is 0.191 e. The summed E-state index contributed by atoms with van der Waals surface area (Å²) < 4.78 is 11.2. The standard InChI is InChI=1S/C18H29N3O2S/c1-18(7-3-11-24-18)14-21-17(20-12-15-6-10-22-13-15)19-8-5-16-4-2-9-23-16/h2,4,9,15H,3,5-8,10-14H2,1H3,(H2,19,20,21). The van der Waals surface area contributed by atoms with Crippen LogP contribution in [0.4, 0.5) is 0 Å². The van der Waals surface area contributed by atoms with Crippen LogP contribution < -0.4 is 10.6 Å². The molecule has 5 nitrogen and oxygen atoms in total. The molecule has 2 atom stereocenters. The maximum absolute atomic E-state index is 5.46. The number of guanidine groups is 1. The highest BCUT2D eigenvalue weighted by atomic mass is 32.2. The van der Waals surface area contributed by atoms with Gasteiger partial charge in [0.1, 0.15) is 5.76 Å². The minimum Gasteiger partial charge on any atom is -0.469 e. The van der Waals surface area contributed by atoms with Crippen LogP contribution in [0.2, 0.25) is 0 Å². The van der Waals surface area contributed by atoms with Gasteiger partial charge in [-0.25, -0.2) is 0 Å². The Morgan fingerprint density at radius 1 is 1.46 bits per heavy atom. The first-order valence-corrected chi connectivity index (χ1v) is 9.98. The first kappa shape index (κ1) is 17.7. The van der Waals surface area contributed by atoms with Crippen LogP contribution >= 0.6 is 11.8 Å². The molecule has 0 amide bonds. The van der Waals surface area contributed by atoms with Crippen molar-refractivity contribution in [3.8, 4) is 0 Å². The number of thioether (sulfide) groups is 1. The number of nitrogens with one attached hydrogen (secondary N) is 2. The van der Waals surface area contributed by atoms with Crippen LogP contribution in [0, 0.1) is 5.92 Å². The van der Waals surface area contributed by atoms with Crippen molar-refractivity contribution >= 4 is 17.7 Å². The van der Waals surface area contributed by atoms with Gasteiger partial charge in [0.2, 0.25) is 0 Å². The van der Waals surface area contributed by atoms with Crippen LogP contribution in [0.1, 0.15) is 31.9 Å². The Morgan fingerprint density at radius 2 is 2.42 bits per heavy atom. The van der Waals surface area contributed by atoms with E-state index in [-0.39, 0.29) is 0 Å². The van der Waals surface area contributed by atoms with E-state index >= 15 is 0 Å². The molecule has 2 unspecified atom stereocenters. The van der Waals surface area contributed by atoms with E-state index in [1.807, 2.05) is 12.1 Å². The second kappa shape index (κ2) is 8.81. The molecule has 2 aliphatic rings. The number of hydrogen-bond donors (Lipinski definition) is 2. The summed E-state index contributed by atoms with van der Waals surface area (Å²) >= 11 is 2.05. The fraction of sp³-hybridized carbons (Fsp3) is 0.722. The molecular weight excluding hydrogens is 322 g/mol. The maximum atomic E-state index is 5.46. The lowest BCUT2D eigenvalue weighted by molar-refractivity contribution is 0.186. The summed E-state index contributed by atoms with van der Waals surface area (Å²) in [6, 6.07) is 3.94. The molecule has 0 aliphatic carbocycles. The van der Waals surface area contributed by atoms with Gasteiger partial charge < -0.3 is 19.8 Å². The summed E-state index contributed by atoms with van der Waals surface area (Å²) in [5.41, 5.74) is 0. The average Bonchev–Trinajstić information content (AvgIpc) is 3.32. The molecule has 0 saturated carbocycles. The minimum atomic E-state index is 0.298. The van der Waals surface area contributed by atoms with Crippen molar-refractivity contribution in [2.24, 2.45) is 10.9 Å². The van der Waals surface area contributed by atoms with E-state index in [9.17, 15) is 0 Å². The smallest absolute Gasteiger partial charge is 0.191 e. The molecule has 1 aromatic rings. The number of nitrogens with zero attached hydrogens (tertiary/aromatic N) is 1. The zero-order valence-electron chi connectivity index (χ0n) is 14.6. The monoisotopic (exact) mass is 351 g/mol. The summed E-state index contributed by atoms with van der Waals surface area (Å²) in [4.78, 5) is 4.86. The zero-order valence-corrected chi connectivity index (χ0v) is 15.4. The van der Waals surface area contributed by atoms with Crippen molar-refractivity contribution in [2.75, 3.05) is 38.6 Å². The van der Waals surface area contributed by atoms with E-state index in [0.29, 0.717) is 10.7 Å². The highest BCUT2D eigenvalue weighted by molar-refractivity contribution is 8.00. The van der Waals surface area contributed by atoms with Gasteiger partial charge in [0.25, 0.3) is 0 Å². The van der Waals surface area contributed by atoms with Gasteiger partial charge in [-0.15, -0.1) is 0 Å². The molecule has 3 heterocycles. The fourth-order valence-electron chi connectivity index (χ4n) is 3.13. The average molecular weight is 352 g/mol. The van der Waals surface area contributed by atoms with E-state index in [2.05, 4.69) is 29.3 Å². The molecule has 0 bridgehead atoms. The number of aliphatic imine (C=N–C) groups is 1. The predicted molar refractivity (Wildman–Crippen MR) is 99.7 cm³/mol. The number of furan rings is 1. The van der Waals surface area contributed by atoms with E-state index < -0.39 is 0 Å². The number of ether oxygens (including phenoxy) is 1. The fourth-order valence-corrected chi connectivity index (χ4v) is 4.35. The highest BCUT2D eigenvalue weighted by Crippen LogP contribution is 2.37. The van der Waals surface area contributed by atoms with Gasteiger partial charge in [-0.3, -0.25) is 4.99 Å². The molecule has 6 heteroatoms. The van der Waals surface area contributed by atoms with Crippen molar-refractivity contribution < 1.29 is 9.15 Å². The van der Waals surface area contributed by atoms with E-state index in [1.165, 1.54) is 18.6 Å². The molecule has 0 spiro atoms. The Labute approximate surface area is 149 Å². The summed E-state index contributed by atoms with van der Waals surface area (Å²) in [6.45, 7) is 6.70. The lowest BCUT2D eigenvalue weighted by Gasteiger charge is -2.21. The van der Waals surface area contributed by atoms with Crippen LogP contribution in [0.15, 0.2) is 27.8 Å². The van der Waals surface area contributed by atoms with E-state index in [4.69, 9.17) is 14.1 Å². The summed E-state index contributed by atoms with van der Waals surface area (Å²) in [5, 5.41) is 6.95. The first-order valence-electron chi connectivity index (χ1n) is 9.00. The number of hydrogen-bond acceptors (Lipinski definition) is 4. The summed E-state index contributed by atoms with van der Waals surface area (Å²) in [5.74, 6) is 3.78. The zero-order chi connectivity index (χ0) is 16.7. The Morgan fingerprint density at radius 3 is 3.12 bits per heavy atom. The molecule has 3 rings (SSSR count). The van der Waals surface area contributed by atoms with Crippen molar-refractivity contribution in [3.05, 3.63) is 24.2 Å². The quantitative estimate of drug-likeness (QED) is 0.584. The van der Waals surface area contributed by atoms with Gasteiger partial charge >= 0.3 is 0 Å². The highest BCUT2D eigenvalue weighted by Gasteiger charge is 2.29. The van der Waals surface area contributed by atoms with E-state index in [0.717, 1.165) is 57.4 Å². The third-order valence-corrected chi connectivity index (χ3v) is 6.22. The lowest BCUT2D eigenvalue weighted by atomic mass is 10.1. The molecule has 0 radical (unpaired) electrons. The summed E-state index contributed by atoms with van der Waals surface area (Å²) in [6.07, 6.45) is 6.30.